The molecule has 3 aromatic rings. The van der Waals surface area contributed by atoms with E-state index in [0.29, 0.717) is 6.54 Å². The van der Waals surface area contributed by atoms with Gasteiger partial charge in [0.1, 0.15) is 11.5 Å². The Balaban J connectivity index is 1.64. The van der Waals surface area contributed by atoms with E-state index in [9.17, 15) is 0 Å². The zero-order valence-electron chi connectivity index (χ0n) is 16.9. The van der Waals surface area contributed by atoms with Gasteiger partial charge in [-0.15, -0.1) is 0 Å². The van der Waals surface area contributed by atoms with Crippen molar-refractivity contribution in [3.05, 3.63) is 89.6 Å². The second-order valence-electron chi connectivity index (χ2n) is 6.92. The largest absolute Gasteiger partial charge is 0.497 e. The maximum atomic E-state index is 5.39. The summed E-state index contributed by atoms with van der Waals surface area (Å²) < 4.78 is 10.6. The molecule has 3 aromatic carbocycles. The molecule has 0 bridgehead atoms. The van der Waals surface area contributed by atoms with Crippen LogP contribution in [0.4, 0.5) is 11.4 Å². The number of fused-ring (bicyclic) bond motifs is 1. The molecule has 0 amide bonds. The molecule has 4 rings (SSSR count). The lowest BCUT2D eigenvalue weighted by molar-refractivity contribution is 0.414. The van der Waals surface area contributed by atoms with Crippen LogP contribution in [-0.2, 0) is 6.54 Å². The third-order valence-corrected chi connectivity index (χ3v) is 5.00. The Hall–Kier alpha value is -3.44. The van der Waals surface area contributed by atoms with Crippen LogP contribution in [0.3, 0.4) is 0 Å². The Labute approximate surface area is 171 Å². The number of nitrogens with zero attached hydrogens (tertiary/aromatic N) is 1. The number of para-hydroxylation sites is 1. The van der Waals surface area contributed by atoms with E-state index in [4.69, 9.17) is 9.47 Å². The number of hydrazine groups is 1. The quantitative estimate of drug-likeness (QED) is 0.627. The number of benzene rings is 3. The average molecular weight is 387 g/mol. The van der Waals surface area contributed by atoms with E-state index in [1.807, 2.05) is 30.3 Å². The van der Waals surface area contributed by atoms with Crippen molar-refractivity contribution in [2.24, 2.45) is 0 Å². The third kappa shape index (κ3) is 4.05. The second kappa shape index (κ2) is 8.29. The van der Waals surface area contributed by atoms with Crippen molar-refractivity contribution in [3.8, 4) is 11.5 Å². The van der Waals surface area contributed by atoms with Crippen LogP contribution in [-0.4, -0.2) is 14.2 Å². The molecule has 0 fully saturated rings. The zero-order chi connectivity index (χ0) is 20.2. The predicted molar refractivity (Wildman–Crippen MR) is 118 cm³/mol. The van der Waals surface area contributed by atoms with Crippen molar-refractivity contribution in [1.29, 1.82) is 0 Å². The predicted octanol–water partition coefficient (Wildman–Crippen LogP) is 4.95. The highest BCUT2D eigenvalue weighted by Crippen LogP contribution is 2.36. The van der Waals surface area contributed by atoms with Gasteiger partial charge in [0.05, 0.1) is 31.3 Å². The van der Waals surface area contributed by atoms with E-state index in [2.05, 4.69) is 65.3 Å². The monoisotopic (exact) mass is 387 g/mol. The summed E-state index contributed by atoms with van der Waals surface area (Å²) in [4.78, 5) is 0. The summed E-state index contributed by atoms with van der Waals surface area (Å²) in [6, 6.07) is 22.4. The molecule has 1 aliphatic heterocycles. The Morgan fingerprint density at radius 3 is 2.41 bits per heavy atom. The molecule has 1 heterocycles. The van der Waals surface area contributed by atoms with E-state index in [1.54, 1.807) is 14.2 Å². The molecule has 0 atom stereocenters. The molecule has 5 nitrogen and oxygen atoms in total. The van der Waals surface area contributed by atoms with Crippen LogP contribution in [0.2, 0.25) is 0 Å². The summed E-state index contributed by atoms with van der Waals surface area (Å²) in [6.45, 7) is 2.81. The first kappa shape index (κ1) is 18.9. The fourth-order valence-corrected chi connectivity index (χ4v) is 3.43. The summed E-state index contributed by atoms with van der Waals surface area (Å²) in [6.07, 6.45) is 2.09. The Morgan fingerprint density at radius 2 is 1.66 bits per heavy atom. The normalized spacial score (nSPS) is 12.7. The van der Waals surface area contributed by atoms with Gasteiger partial charge < -0.3 is 14.8 Å². The molecule has 0 radical (unpaired) electrons. The summed E-state index contributed by atoms with van der Waals surface area (Å²) >= 11 is 0. The molecule has 0 unspecified atom stereocenters. The van der Waals surface area contributed by atoms with Gasteiger partial charge in [-0.05, 0) is 48.4 Å². The average Bonchev–Trinajstić information content (AvgIpc) is 2.77. The number of rotatable bonds is 6. The topological polar surface area (TPSA) is 45.8 Å². The maximum absolute atomic E-state index is 5.39. The molecule has 148 valence electrons. The van der Waals surface area contributed by atoms with Crippen molar-refractivity contribution in [1.82, 2.24) is 5.43 Å². The van der Waals surface area contributed by atoms with E-state index in [0.717, 1.165) is 34.1 Å². The fourth-order valence-electron chi connectivity index (χ4n) is 3.43. The number of nitrogens with one attached hydrogen (secondary N) is 2. The maximum Gasteiger partial charge on any atom is 0.119 e. The van der Waals surface area contributed by atoms with Crippen LogP contribution in [0.15, 0.2) is 72.9 Å². The highest BCUT2D eigenvalue weighted by molar-refractivity contribution is 5.90. The Bertz CT molecular complexity index is 1030. The molecule has 2 N–H and O–H groups in total. The standard InChI is InChI=1S/C24H25N3O2/c1-17-6-4-9-22-24(17)27(25-15-18-10-12-20(28-2)13-11-18)16-23(26-22)19-7-5-8-21(14-19)29-3/h4-14,16,25-26H,15H2,1-3H3. The van der Waals surface area contributed by atoms with Crippen LogP contribution in [0.25, 0.3) is 5.70 Å². The highest BCUT2D eigenvalue weighted by Gasteiger charge is 2.20. The van der Waals surface area contributed by atoms with E-state index < -0.39 is 0 Å². The number of ether oxygens (including phenoxy) is 2. The third-order valence-electron chi connectivity index (χ3n) is 5.00. The Kier molecular flexibility index (Phi) is 5.40. The molecule has 29 heavy (non-hydrogen) atoms. The van der Waals surface area contributed by atoms with Gasteiger partial charge in [-0.3, -0.25) is 5.01 Å². The van der Waals surface area contributed by atoms with Crippen molar-refractivity contribution >= 4 is 17.1 Å². The lowest BCUT2D eigenvalue weighted by atomic mass is 10.1. The van der Waals surface area contributed by atoms with Crippen molar-refractivity contribution in [2.75, 3.05) is 24.5 Å². The van der Waals surface area contributed by atoms with E-state index in [1.165, 1.54) is 11.1 Å². The summed E-state index contributed by atoms with van der Waals surface area (Å²) in [7, 11) is 3.36. The van der Waals surface area contributed by atoms with Gasteiger partial charge in [-0.1, -0.05) is 36.4 Å². The second-order valence-corrected chi connectivity index (χ2v) is 6.92. The number of hydrogen-bond acceptors (Lipinski definition) is 5. The van der Waals surface area contributed by atoms with Gasteiger partial charge in [-0.2, -0.15) is 0 Å². The van der Waals surface area contributed by atoms with Crippen molar-refractivity contribution in [2.45, 2.75) is 13.5 Å². The molecule has 0 aliphatic carbocycles. The van der Waals surface area contributed by atoms with Crippen molar-refractivity contribution < 1.29 is 9.47 Å². The van der Waals surface area contributed by atoms with Crippen molar-refractivity contribution in [3.63, 3.8) is 0 Å². The molecule has 0 aromatic heterocycles. The molecular formula is C24H25N3O2. The fraction of sp³-hybridized carbons (Fsp3) is 0.167. The highest BCUT2D eigenvalue weighted by atomic mass is 16.5. The smallest absolute Gasteiger partial charge is 0.119 e. The molecule has 1 aliphatic rings. The van der Waals surface area contributed by atoms with Gasteiger partial charge in [0.25, 0.3) is 0 Å². The molecule has 0 saturated heterocycles. The van der Waals surface area contributed by atoms with Crippen LogP contribution in [0.5, 0.6) is 11.5 Å². The number of methoxy groups -OCH3 is 2. The van der Waals surface area contributed by atoms with Gasteiger partial charge >= 0.3 is 0 Å². The SMILES string of the molecule is COc1ccc(CNN2C=C(c3cccc(OC)c3)Nc3cccc(C)c32)cc1. The lowest BCUT2D eigenvalue weighted by Crippen LogP contribution is -2.36. The van der Waals surface area contributed by atoms with Gasteiger partial charge in [0.15, 0.2) is 0 Å². The first-order valence-electron chi connectivity index (χ1n) is 9.56. The van der Waals surface area contributed by atoms with Crippen LogP contribution >= 0.6 is 0 Å². The summed E-state index contributed by atoms with van der Waals surface area (Å²) in [5.74, 6) is 1.69. The number of hydrogen-bond donors (Lipinski definition) is 2. The van der Waals surface area contributed by atoms with Crippen LogP contribution in [0.1, 0.15) is 16.7 Å². The number of anilines is 2. The van der Waals surface area contributed by atoms with E-state index in [-0.39, 0.29) is 0 Å². The molecule has 0 spiro atoms. The zero-order valence-corrected chi connectivity index (χ0v) is 16.9. The summed E-state index contributed by atoms with van der Waals surface area (Å²) in [5.41, 5.74) is 10.2. The number of aryl methyl sites for hydroxylation is 1. The van der Waals surface area contributed by atoms with Gasteiger partial charge in [0.2, 0.25) is 0 Å². The molecule has 0 saturated carbocycles. The summed E-state index contributed by atoms with van der Waals surface area (Å²) in [5, 5.41) is 5.65. The lowest BCUT2D eigenvalue weighted by Gasteiger charge is -2.32. The minimum Gasteiger partial charge on any atom is -0.497 e. The molecule has 5 heteroatoms. The minimum absolute atomic E-state index is 0.694. The first-order valence-corrected chi connectivity index (χ1v) is 9.56. The van der Waals surface area contributed by atoms with Crippen LogP contribution in [0, 0.1) is 6.92 Å². The van der Waals surface area contributed by atoms with Gasteiger partial charge in [-0.25, -0.2) is 5.43 Å². The minimum atomic E-state index is 0.694. The Morgan fingerprint density at radius 1 is 0.897 bits per heavy atom. The molecular weight excluding hydrogens is 362 g/mol. The van der Waals surface area contributed by atoms with Crippen LogP contribution < -0.4 is 25.2 Å². The van der Waals surface area contributed by atoms with Gasteiger partial charge in [0, 0.05) is 18.3 Å². The van der Waals surface area contributed by atoms with E-state index >= 15 is 0 Å². The first-order chi connectivity index (χ1) is 14.2.